The molecule has 0 bridgehead atoms. The summed E-state index contributed by atoms with van der Waals surface area (Å²) in [5.74, 6) is 4.34. The largest absolute Gasteiger partial charge is 0.478 e. The summed E-state index contributed by atoms with van der Waals surface area (Å²) in [5.41, 5.74) is -0.251. The molecule has 2 aromatic carbocycles. The number of nitro benzene ring substituents is 1. The van der Waals surface area contributed by atoms with E-state index in [2.05, 4.69) is 17.2 Å². The minimum Gasteiger partial charge on any atom is -0.478 e. The van der Waals surface area contributed by atoms with E-state index in [9.17, 15) is 19.3 Å². The summed E-state index contributed by atoms with van der Waals surface area (Å²) >= 11 is 5.68. The van der Waals surface area contributed by atoms with Gasteiger partial charge in [-0.25, -0.2) is 4.39 Å². The Labute approximate surface area is 147 Å². The second-order valence-corrected chi connectivity index (χ2v) is 5.09. The molecule has 8 heteroatoms. The van der Waals surface area contributed by atoms with Crippen LogP contribution < -0.4 is 10.1 Å². The third-order valence-corrected chi connectivity index (χ3v) is 3.32. The van der Waals surface area contributed by atoms with E-state index in [0.717, 1.165) is 6.07 Å². The van der Waals surface area contributed by atoms with Crippen LogP contribution in [-0.2, 0) is 0 Å². The maximum Gasteiger partial charge on any atom is 0.288 e. The first kappa shape index (κ1) is 18.2. The van der Waals surface area contributed by atoms with Crippen LogP contribution in [0.5, 0.6) is 5.75 Å². The minimum atomic E-state index is -0.668. The van der Waals surface area contributed by atoms with Crippen molar-refractivity contribution in [1.29, 1.82) is 0 Å². The predicted molar refractivity (Wildman–Crippen MR) is 90.1 cm³/mol. The molecule has 0 spiro atoms. The molecule has 25 heavy (non-hydrogen) atoms. The third-order valence-electron chi connectivity index (χ3n) is 3.00. The fourth-order valence-electron chi connectivity index (χ4n) is 1.81. The van der Waals surface area contributed by atoms with Gasteiger partial charge in [0.25, 0.3) is 11.6 Å². The van der Waals surface area contributed by atoms with Gasteiger partial charge >= 0.3 is 0 Å². The number of benzene rings is 2. The van der Waals surface area contributed by atoms with Crippen molar-refractivity contribution >= 4 is 23.2 Å². The maximum atomic E-state index is 13.3. The number of halogens is 2. The molecule has 0 saturated heterocycles. The van der Waals surface area contributed by atoms with Gasteiger partial charge in [-0.15, -0.1) is 0 Å². The number of amides is 1. The van der Waals surface area contributed by atoms with Crippen LogP contribution in [0.4, 0.5) is 10.1 Å². The lowest BCUT2D eigenvalue weighted by Crippen LogP contribution is -2.23. The number of nitrogens with one attached hydrogen (secondary N) is 1. The number of hydrogen-bond acceptors (Lipinski definition) is 4. The fraction of sp³-hybridized carbons (Fsp3) is 0.118. The van der Waals surface area contributed by atoms with Gasteiger partial charge in [0.2, 0.25) is 0 Å². The number of nitro groups is 1. The molecule has 0 aliphatic heterocycles. The topological polar surface area (TPSA) is 81.5 Å². The van der Waals surface area contributed by atoms with Crippen molar-refractivity contribution in [3.63, 3.8) is 0 Å². The Kier molecular flexibility index (Phi) is 6.32. The van der Waals surface area contributed by atoms with E-state index in [4.69, 9.17) is 16.3 Å². The first-order chi connectivity index (χ1) is 12.0. The Hall–Kier alpha value is -3.11. The molecule has 0 heterocycles. The van der Waals surface area contributed by atoms with Crippen molar-refractivity contribution in [3.05, 3.63) is 69.0 Å². The van der Waals surface area contributed by atoms with Gasteiger partial charge in [-0.2, -0.15) is 0 Å². The molecule has 0 radical (unpaired) electrons. The number of para-hydroxylation sites is 1. The lowest BCUT2D eigenvalue weighted by atomic mass is 10.2. The summed E-state index contributed by atoms with van der Waals surface area (Å²) in [6, 6.07) is 9.68. The monoisotopic (exact) mass is 362 g/mol. The highest BCUT2D eigenvalue weighted by atomic mass is 35.5. The highest BCUT2D eigenvalue weighted by Crippen LogP contribution is 2.24. The average Bonchev–Trinajstić information content (AvgIpc) is 2.59. The summed E-state index contributed by atoms with van der Waals surface area (Å²) in [4.78, 5) is 22.0. The lowest BCUT2D eigenvalue weighted by molar-refractivity contribution is -0.384. The molecule has 2 rings (SSSR count). The Morgan fingerprint density at radius 2 is 2.04 bits per heavy atom. The molecular formula is C17H12ClFN2O4. The van der Waals surface area contributed by atoms with Crippen LogP contribution in [0.1, 0.15) is 10.4 Å². The Morgan fingerprint density at radius 1 is 1.28 bits per heavy atom. The number of carbonyl (C=O) groups is 1. The van der Waals surface area contributed by atoms with E-state index in [1.54, 1.807) is 12.1 Å². The number of rotatable bonds is 5. The normalized spacial score (nSPS) is 9.68. The molecule has 0 aliphatic carbocycles. The van der Waals surface area contributed by atoms with E-state index < -0.39 is 16.6 Å². The van der Waals surface area contributed by atoms with Gasteiger partial charge < -0.3 is 10.1 Å². The van der Waals surface area contributed by atoms with Crippen LogP contribution in [0, 0.1) is 27.8 Å². The highest BCUT2D eigenvalue weighted by Gasteiger charge is 2.15. The number of carbonyl (C=O) groups excluding carboxylic acids is 1. The summed E-state index contributed by atoms with van der Waals surface area (Å²) in [5, 5.41) is 13.2. The fourth-order valence-corrected chi connectivity index (χ4v) is 2.00. The Bertz CT molecular complexity index is 861. The summed E-state index contributed by atoms with van der Waals surface area (Å²) < 4.78 is 18.4. The zero-order valence-corrected chi connectivity index (χ0v) is 13.5. The SMILES string of the molecule is O=C(NCC#CCOc1ccccc1F)c1ccc(Cl)c([N+](=O)[O-])c1. The average molecular weight is 363 g/mol. The van der Waals surface area contributed by atoms with Crippen molar-refractivity contribution in [2.45, 2.75) is 0 Å². The molecule has 0 atom stereocenters. The number of hydrogen-bond donors (Lipinski definition) is 1. The second-order valence-electron chi connectivity index (χ2n) is 4.68. The molecule has 6 nitrogen and oxygen atoms in total. The van der Waals surface area contributed by atoms with Gasteiger partial charge in [-0.3, -0.25) is 14.9 Å². The van der Waals surface area contributed by atoms with Crippen molar-refractivity contribution in [3.8, 4) is 17.6 Å². The van der Waals surface area contributed by atoms with E-state index in [0.29, 0.717) is 0 Å². The van der Waals surface area contributed by atoms with Crippen LogP contribution in [0.2, 0.25) is 5.02 Å². The lowest BCUT2D eigenvalue weighted by Gasteiger charge is -2.03. The predicted octanol–water partition coefficient (Wildman–Crippen LogP) is 3.20. The van der Waals surface area contributed by atoms with Crippen molar-refractivity contribution in [2.75, 3.05) is 13.2 Å². The van der Waals surface area contributed by atoms with E-state index in [-0.39, 0.29) is 35.2 Å². The quantitative estimate of drug-likeness (QED) is 0.503. The van der Waals surface area contributed by atoms with Gasteiger partial charge in [0.1, 0.15) is 11.6 Å². The minimum absolute atomic E-state index is 0.00981. The summed E-state index contributed by atoms with van der Waals surface area (Å²) in [6.45, 7) is -0.0287. The van der Waals surface area contributed by atoms with E-state index >= 15 is 0 Å². The second kappa shape index (κ2) is 8.66. The van der Waals surface area contributed by atoms with Gasteiger partial charge in [0.15, 0.2) is 11.6 Å². The standard InChI is InChI=1S/C17H12ClFN2O4/c18-13-8-7-12(11-15(13)21(23)24)17(22)20-9-3-4-10-25-16-6-2-1-5-14(16)19/h1-2,5-8,11H,9-10H2,(H,20,22). The van der Waals surface area contributed by atoms with E-state index in [1.807, 2.05) is 0 Å². The van der Waals surface area contributed by atoms with Crippen molar-refractivity contribution in [1.82, 2.24) is 5.32 Å². The van der Waals surface area contributed by atoms with Crippen LogP contribution in [0.3, 0.4) is 0 Å². The van der Waals surface area contributed by atoms with Crippen molar-refractivity contribution < 1.29 is 18.8 Å². The van der Waals surface area contributed by atoms with E-state index in [1.165, 1.54) is 24.3 Å². The first-order valence-corrected chi connectivity index (χ1v) is 7.42. The molecule has 1 amide bonds. The number of nitrogens with zero attached hydrogens (tertiary/aromatic N) is 1. The zero-order valence-electron chi connectivity index (χ0n) is 12.8. The molecule has 0 unspecified atom stereocenters. The van der Waals surface area contributed by atoms with Gasteiger partial charge in [-0.05, 0) is 24.3 Å². The Balaban J connectivity index is 1.84. The molecule has 0 saturated carbocycles. The smallest absolute Gasteiger partial charge is 0.288 e. The number of ether oxygens (including phenoxy) is 1. The Morgan fingerprint density at radius 3 is 2.76 bits per heavy atom. The van der Waals surface area contributed by atoms with Crippen molar-refractivity contribution in [2.24, 2.45) is 0 Å². The molecule has 2 aromatic rings. The van der Waals surface area contributed by atoms with Crippen LogP contribution >= 0.6 is 11.6 Å². The maximum absolute atomic E-state index is 13.3. The van der Waals surface area contributed by atoms with Crippen LogP contribution in [0.15, 0.2) is 42.5 Å². The molecule has 1 N–H and O–H groups in total. The van der Waals surface area contributed by atoms with Crippen LogP contribution in [0.25, 0.3) is 0 Å². The molecule has 128 valence electrons. The van der Waals surface area contributed by atoms with Gasteiger partial charge in [0.05, 0.1) is 11.5 Å². The molecule has 0 aliphatic rings. The summed E-state index contributed by atoms with van der Waals surface area (Å²) in [7, 11) is 0. The highest BCUT2D eigenvalue weighted by molar-refractivity contribution is 6.32. The van der Waals surface area contributed by atoms with Gasteiger partial charge in [-0.1, -0.05) is 35.6 Å². The molecular weight excluding hydrogens is 351 g/mol. The summed E-state index contributed by atoms with van der Waals surface area (Å²) in [6.07, 6.45) is 0. The molecule has 0 aromatic heterocycles. The van der Waals surface area contributed by atoms with Gasteiger partial charge in [0, 0.05) is 11.6 Å². The third kappa shape index (κ3) is 5.19. The zero-order chi connectivity index (χ0) is 18.2. The molecule has 0 fully saturated rings. The first-order valence-electron chi connectivity index (χ1n) is 7.04. The van der Waals surface area contributed by atoms with Crippen LogP contribution in [-0.4, -0.2) is 24.0 Å².